The van der Waals surface area contributed by atoms with Crippen molar-refractivity contribution in [2.45, 2.75) is 51.4 Å². The lowest BCUT2D eigenvalue weighted by Gasteiger charge is -2.42. The summed E-state index contributed by atoms with van der Waals surface area (Å²) in [6, 6.07) is 67.9. The lowest BCUT2D eigenvalue weighted by Crippen LogP contribution is -2.33. The molecule has 0 unspecified atom stereocenters. The van der Waals surface area contributed by atoms with Gasteiger partial charge >= 0.3 is 0 Å². The Kier molecular flexibility index (Phi) is 8.36. The fourth-order valence-electron chi connectivity index (χ4n) is 11.1. The average Bonchev–Trinajstić information content (AvgIpc) is 3.89. The van der Waals surface area contributed by atoms with Gasteiger partial charge in [0.15, 0.2) is 17.5 Å². The first-order valence-electron chi connectivity index (χ1n) is 23.2. The number of fused-ring (bicyclic) bond motifs is 12. The number of hydrogen-bond donors (Lipinski definition) is 0. The molecule has 0 aliphatic heterocycles. The third-order valence-electron chi connectivity index (χ3n) is 14.6. The lowest BCUT2D eigenvalue weighted by atomic mass is 9.63. The zero-order chi connectivity index (χ0) is 44.3. The van der Waals surface area contributed by atoms with Gasteiger partial charge in [0, 0.05) is 55.0 Å². The maximum absolute atomic E-state index is 5.34. The van der Waals surface area contributed by atoms with Gasteiger partial charge in [0.2, 0.25) is 0 Å². The van der Waals surface area contributed by atoms with Gasteiger partial charge in [-0.1, -0.05) is 167 Å². The van der Waals surface area contributed by atoms with Crippen molar-refractivity contribution in [2.24, 2.45) is 0 Å². The van der Waals surface area contributed by atoms with E-state index >= 15 is 0 Å². The van der Waals surface area contributed by atoms with E-state index in [-0.39, 0.29) is 10.8 Å². The minimum atomic E-state index is 0.0419. The number of aromatic nitrogens is 5. The molecule has 0 bridgehead atoms. The molecule has 0 amide bonds. The van der Waals surface area contributed by atoms with E-state index in [9.17, 15) is 0 Å². The summed E-state index contributed by atoms with van der Waals surface area (Å²) in [6.07, 6.45) is 2.30. The van der Waals surface area contributed by atoms with Gasteiger partial charge in [-0.05, 0) is 99.5 Å². The van der Waals surface area contributed by atoms with Gasteiger partial charge in [0.05, 0.1) is 22.1 Å². The Morgan fingerprint density at radius 1 is 0.348 bits per heavy atom. The van der Waals surface area contributed by atoms with Crippen molar-refractivity contribution in [3.63, 3.8) is 0 Å². The largest absolute Gasteiger partial charge is 0.309 e. The van der Waals surface area contributed by atoms with Gasteiger partial charge < -0.3 is 9.13 Å². The summed E-state index contributed by atoms with van der Waals surface area (Å²) >= 11 is 0. The Labute approximate surface area is 383 Å². The van der Waals surface area contributed by atoms with Crippen molar-refractivity contribution >= 4 is 65.2 Å². The van der Waals surface area contributed by atoms with Crippen LogP contribution in [0.3, 0.4) is 0 Å². The van der Waals surface area contributed by atoms with Crippen molar-refractivity contribution in [3.05, 3.63) is 199 Å². The first kappa shape index (κ1) is 38.6. The van der Waals surface area contributed by atoms with E-state index in [1.54, 1.807) is 0 Å². The molecule has 13 rings (SSSR count). The van der Waals surface area contributed by atoms with Crippen LogP contribution in [0.15, 0.2) is 188 Å². The molecule has 5 heteroatoms. The Morgan fingerprint density at radius 2 is 0.788 bits per heavy atom. The SMILES string of the molecule is CC1(C)CCC(C)(C)c2cc3c(cc21)c1c2ccccc2c2ccccc2c1n3-c1cccc(-c2nc(-c3ccccc3)nc(-c3cccc(-n4c5ccccc5c5ccccc54)c3)n2)c1. The first-order valence-corrected chi connectivity index (χ1v) is 23.2. The Balaban J connectivity index is 1.05. The highest BCUT2D eigenvalue weighted by molar-refractivity contribution is 6.32. The monoisotopic (exact) mass is 849 g/mol. The molecule has 9 aromatic carbocycles. The first-order chi connectivity index (χ1) is 32.2. The standard InChI is InChI=1S/C61H47N5/c1-60(2)32-33-61(3,4)51-37-54-49(36-50(51)60)55-47-28-10-8-24-43(47)44-25-9-11-29-48(44)56(55)66(54)42-23-17-21-40(35-42)59-63-57(38-18-6-5-7-19-38)62-58(64-59)39-20-16-22-41(34-39)65-52-30-14-12-26-45(52)46-27-13-15-31-53(46)65/h5-31,34-37H,32-33H2,1-4H3. The molecule has 0 radical (unpaired) electrons. The average molecular weight is 850 g/mol. The smallest absolute Gasteiger partial charge is 0.164 e. The van der Waals surface area contributed by atoms with Crippen LogP contribution < -0.4 is 0 Å². The van der Waals surface area contributed by atoms with Crippen LogP contribution in [0.2, 0.25) is 0 Å². The summed E-state index contributed by atoms with van der Waals surface area (Å²) in [6.45, 7) is 9.70. The summed E-state index contributed by atoms with van der Waals surface area (Å²) < 4.78 is 4.87. The van der Waals surface area contributed by atoms with Crippen LogP contribution >= 0.6 is 0 Å². The van der Waals surface area contributed by atoms with Gasteiger partial charge in [-0.15, -0.1) is 0 Å². The Hall–Kier alpha value is -7.89. The number of benzene rings is 9. The van der Waals surface area contributed by atoms with E-state index in [2.05, 4.69) is 207 Å². The van der Waals surface area contributed by atoms with Crippen LogP contribution in [-0.2, 0) is 10.8 Å². The van der Waals surface area contributed by atoms with Gasteiger partial charge in [-0.2, -0.15) is 0 Å². The highest BCUT2D eigenvalue weighted by Gasteiger charge is 2.38. The molecule has 0 saturated heterocycles. The van der Waals surface area contributed by atoms with Gasteiger partial charge in [-0.25, -0.2) is 15.0 Å². The summed E-state index contributed by atoms with van der Waals surface area (Å²) in [5.41, 5.74) is 12.7. The van der Waals surface area contributed by atoms with Gasteiger partial charge in [0.25, 0.3) is 0 Å². The number of nitrogens with zero attached hydrogens (tertiary/aromatic N) is 5. The van der Waals surface area contributed by atoms with E-state index in [0.717, 1.165) is 51.9 Å². The summed E-state index contributed by atoms with van der Waals surface area (Å²) in [7, 11) is 0. The zero-order valence-corrected chi connectivity index (χ0v) is 37.5. The normalized spacial score (nSPS) is 14.5. The second-order valence-electron chi connectivity index (χ2n) is 19.5. The molecule has 0 spiro atoms. The fraction of sp³-hybridized carbons (Fsp3) is 0.131. The number of rotatable bonds is 5. The van der Waals surface area contributed by atoms with E-state index in [4.69, 9.17) is 15.0 Å². The van der Waals surface area contributed by atoms with E-state index in [0.29, 0.717) is 17.5 Å². The van der Waals surface area contributed by atoms with Crippen LogP contribution in [0.5, 0.6) is 0 Å². The highest BCUT2D eigenvalue weighted by Crippen LogP contribution is 2.50. The quantitative estimate of drug-likeness (QED) is 0.162. The van der Waals surface area contributed by atoms with Crippen molar-refractivity contribution in [1.82, 2.24) is 24.1 Å². The minimum Gasteiger partial charge on any atom is -0.309 e. The number of para-hydroxylation sites is 2. The molecule has 5 nitrogen and oxygen atoms in total. The third-order valence-corrected chi connectivity index (χ3v) is 14.6. The topological polar surface area (TPSA) is 48.5 Å². The molecule has 1 aliphatic carbocycles. The van der Waals surface area contributed by atoms with Crippen LogP contribution in [0.4, 0.5) is 0 Å². The van der Waals surface area contributed by atoms with Crippen LogP contribution in [0.1, 0.15) is 51.7 Å². The predicted molar refractivity (Wildman–Crippen MR) is 275 cm³/mol. The second-order valence-corrected chi connectivity index (χ2v) is 19.5. The van der Waals surface area contributed by atoms with Crippen LogP contribution in [-0.4, -0.2) is 24.1 Å². The Morgan fingerprint density at radius 3 is 1.38 bits per heavy atom. The fourth-order valence-corrected chi connectivity index (χ4v) is 11.1. The molecule has 1 aliphatic rings. The molecular weight excluding hydrogens is 803 g/mol. The molecule has 0 fully saturated rings. The highest BCUT2D eigenvalue weighted by atomic mass is 15.0. The van der Waals surface area contributed by atoms with Crippen molar-refractivity contribution in [2.75, 3.05) is 0 Å². The van der Waals surface area contributed by atoms with E-state index in [1.807, 2.05) is 18.2 Å². The van der Waals surface area contributed by atoms with E-state index < -0.39 is 0 Å². The summed E-state index contributed by atoms with van der Waals surface area (Å²) in [4.78, 5) is 15.8. The molecule has 3 aromatic heterocycles. The second kappa shape index (κ2) is 14.3. The van der Waals surface area contributed by atoms with Crippen molar-refractivity contribution in [3.8, 4) is 45.5 Å². The molecule has 316 valence electrons. The van der Waals surface area contributed by atoms with Gasteiger partial charge in [0.1, 0.15) is 0 Å². The third kappa shape index (κ3) is 5.82. The molecule has 3 heterocycles. The van der Waals surface area contributed by atoms with E-state index in [1.165, 1.54) is 65.3 Å². The molecule has 0 saturated carbocycles. The predicted octanol–water partition coefficient (Wildman–Crippen LogP) is 15.7. The molecule has 66 heavy (non-hydrogen) atoms. The zero-order valence-electron chi connectivity index (χ0n) is 37.5. The van der Waals surface area contributed by atoms with Crippen molar-refractivity contribution < 1.29 is 0 Å². The summed E-state index contributed by atoms with van der Waals surface area (Å²) in [5.74, 6) is 1.88. The molecular formula is C61H47N5. The molecule has 12 aromatic rings. The lowest BCUT2D eigenvalue weighted by molar-refractivity contribution is 0.332. The van der Waals surface area contributed by atoms with Crippen LogP contribution in [0, 0.1) is 0 Å². The number of hydrogen-bond acceptors (Lipinski definition) is 3. The molecule has 0 atom stereocenters. The molecule has 0 N–H and O–H groups in total. The minimum absolute atomic E-state index is 0.0419. The maximum Gasteiger partial charge on any atom is 0.164 e. The Bertz CT molecular complexity index is 3890. The maximum atomic E-state index is 5.34. The van der Waals surface area contributed by atoms with Crippen LogP contribution in [0.25, 0.3) is 111 Å². The summed E-state index contributed by atoms with van der Waals surface area (Å²) in [5, 5.41) is 10.1. The van der Waals surface area contributed by atoms with Gasteiger partial charge in [-0.3, -0.25) is 0 Å². The van der Waals surface area contributed by atoms with Crippen molar-refractivity contribution in [1.29, 1.82) is 0 Å².